The van der Waals surface area contributed by atoms with Crippen molar-refractivity contribution in [2.45, 2.75) is 52.5 Å². The van der Waals surface area contributed by atoms with Crippen LogP contribution in [0.1, 0.15) is 45.7 Å². The predicted octanol–water partition coefficient (Wildman–Crippen LogP) is 3.26. The number of carbonyl (C=O) groups excluding carboxylic acids is 1. The molecule has 0 amide bonds. The van der Waals surface area contributed by atoms with E-state index in [1.807, 2.05) is 5.38 Å². The molecule has 0 N–H and O–H groups in total. The number of unbranched alkanes of at least 4 members (excludes halogenated alkanes) is 1. The van der Waals surface area contributed by atoms with Crippen molar-refractivity contribution in [3.05, 3.63) is 11.1 Å². The lowest BCUT2D eigenvalue weighted by atomic mass is 10.2. The average Bonchev–Trinajstić information content (AvgIpc) is 2.86. The van der Waals surface area contributed by atoms with Crippen molar-refractivity contribution in [1.82, 2.24) is 4.98 Å². The van der Waals surface area contributed by atoms with Gasteiger partial charge in [0.1, 0.15) is 0 Å². The smallest absolute Gasteiger partial charge is 0.311 e. The number of methoxy groups -OCH3 is 1. The zero-order chi connectivity index (χ0) is 14.3. The quantitative estimate of drug-likeness (QED) is 0.687. The molecule has 0 aliphatic carbocycles. The summed E-state index contributed by atoms with van der Waals surface area (Å²) in [6.07, 6.45) is 3.69. The van der Waals surface area contributed by atoms with Crippen LogP contribution in [0.4, 0.5) is 5.13 Å². The lowest BCUT2D eigenvalue weighted by molar-refractivity contribution is -0.139. The van der Waals surface area contributed by atoms with Crippen LogP contribution in [-0.2, 0) is 16.0 Å². The van der Waals surface area contributed by atoms with Crippen LogP contribution >= 0.6 is 11.3 Å². The number of hydrogen-bond donors (Lipinski definition) is 0. The van der Waals surface area contributed by atoms with Crippen LogP contribution in [0.5, 0.6) is 0 Å². The lowest BCUT2D eigenvalue weighted by Gasteiger charge is -2.28. The molecule has 0 aliphatic heterocycles. The topological polar surface area (TPSA) is 42.4 Å². The molecule has 4 nitrogen and oxygen atoms in total. The fraction of sp³-hybridized carbons (Fsp3) is 0.714. The maximum Gasteiger partial charge on any atom is 0.311 e. The number of anilines is 1. The molecule has 0 saturated carbocycles. The summed E-state index contributed by atoms with van der Waals surface area (Å²) in [6, 6.07) is 0.476. The Morgan fingerprint density at radius 2 is 2.26 bits per heavy atom. The third-order valence-electron chi connectivity index (χ3n) is 3.21. The molecule has 0 saturated heterocycles. The minimum absolute atomic E-state index is 0.236. The fourth-order valence-electron chi connectivity index (χ4n) is 1.78. The van der Waals surface area contributed by atoms with Crippen molar-refractivity contribution in [1.29, 1.82) is 0 Å². The van der Waals surface area contributed by atoms with Gasteiger partial charge in [0.25, 0.3) is 0 Å². The molecule has 1 heterocycles. The van der Waals surface area contributed by atoms with Gasteiger partial charge in [0.15, 0.2) is 5.13 Å². The van der Waals surface area contributed by atoms with Gasteiger partial charge in [-0.2, -0.15) is 0 Å². The van der Waals surface area contributed by atoms with Gasteiger partial charge in [-0.05, 0) is 19.8 Å². The molecular formula is C14H24N2O2S. The minimum Gasteiger partial charge on any atom is -0.469 e. The third-order valence-corrected chi connectivity index (χ3v) is 4.14. The number of aromatic nitrogens is 1. The highest BCUT2D eigenvalue weighted by atomic mass is 32.1. The first-order chi connectivity index (χ1) is 9.12. The number of thiazole rings is 1. The van der Waals surface area contributed by atoms with Crippen LogP contribution in [0.3, 0.4) is 0 Å². The van der Waals surface area contributed by atoms with Gasteiger partial charge in [0, 0.05) is 18.0 Å². The largest absolute Gasteiger partial charge is 0.469 e. The highest BCUT2D eigenvalue weighted by molar-refractivity contribution is 7.13. The monoisotopic (exact) mass is 284 g/mol. The summed E-state index contributed by atoms with van der Waals surface area (Å²) in [5, 5.41) is 2.97. The van der Waals surface area contributed by atoms with E-state index in [0.29, 0.717) is 6.04 Å². The van der Waals surface area contributed by atoms with Gasteiger partial charge in [0.05, 0.1) is 19.2 Å². The Kier molecular flexibility index (Phi) is 6.84. The van der Waals surface area contributed by atoms with Gasteiger partial charge in [-0.25, -0.2) is 4.98 Å². The summed E-state index contributed by atoms with van der Waals surface area (Å²) in [6.45, 7) is 7.62. The second-order valence-corrected chi connectivity index (χ2v) is 5.52. The summed E-state index contributed by atoms with van der Waals surface area (Å²) < 4.78 is 4.67. The number of esters is 1. The number of hydrogen-bond acceptors (Lipinski definition) is 5. The second kappa shape index (κ2) is 8.15. The molecule has 19 heavy (non-hydrogen) atoms. The van der Waals surface area contributed by atoms with E-state index in [0.717, 1.165) is 30.2 Å². The van der Waals surface area contributed by atoms with E-state index in [9.17, 15) is 4.79 Å². The summed E-state index contributed by atoms with van der Waals surface area (Å²) in [7, 11) is 1.41. The van der Waals surface area contributed by atoms with Crippen molar-refractivity contribution in [2.75, 3.05) is 18.6 Å². The Morgan fingerprint density at radius 1 is 1.53 bits per heavy atom. The molecule has 5 heteroatoms. The minimum atomic E-state index is -0.236. The van der Waals surface area contributed by atoms with E-state index in [1.54, 1.807) is 11.3 Å². The lowest BCUT2D eigenvalue weighted by Crippen LogP contribution is -2.33. The van der Waals surface area contributed by atoms with Gasteiger partial charge < -0.3 is 9.64 Å². The Labute approximate surface area is 119 Å². The fourth-order valence-corrected chi connectivity index (χ4v) is 2.74. The van der Waals surface area contributed by atoms with Crippen molar-refractivity contribution >= 4 is 22.4 Å². The van der Waals surface area contributed by atoms with E-state index in [4.69, 9.17) is 0 Å². The van der Waals surface area contributed by atoms with Crippen LogP contribution < -0.4 is 4.90 Å². The summed E-state index contributed by atoms with van der Waals surface area (Å²) in [4.78, 5) is 18.2. The van der Waals surface area contributed by atoms with Gasteiger partial charge in [-0.1, -0.05) is 20.3 Å². The van der Waals surface area contributed by atoms with Gasteiger partial charge in [-0.15, -0.1) is 11.3 Å². The summed E-state index contributed by atoms with van der Waals surface area (Å²) in [5.74, 6) is -0.236. The Morgan fingerprint density at radius 3 is 2.84 bits per heavy atom. The number of carbonyl (C=O) groups is 1. The Bertz CT molecular complexity index is 393. The molecule has 108 valence electrons. The molecule has 0 fully saturated rings. The van der Waals surface area contributed by atoms with Crippen LogP contribution in [0.25, 0.3) is 0 Å². The third kappa shape index (κ3) is 4.82. The molecule has 0 spiro atoms. The Balaban J connectivity index is 2.76. The summed E-state index contributed by atoms with van der Waals surface area (Å²) in [5.41, 5.74) is 0.802. The molecule has 0 radical (unpaired) electrons. The van der Waals surface area contributed by atoms with Gasteiger partial charge in [-0.3, -0.25) is 4.79 Å². The highest BCUT2D eigenvalue weighted by Crippen LogP contribution is 2.24. The van der Waals surface area contributed by atoms with Crippen molar-refractivity contribution < 1.29 is 9.53 Å². The van der Waals surface area contributed by atoms with Crippen LogP contribution in [0.2, 0.25) is 0 Å². The van der Waals surface area contributed by atoms with Crippen LogP contribution in [-0.4, -0.2) is 30.6 Å². The maximum atomic E-state index is 11.3. The molecule has 0 aliphatic rings. The van der Waals surface area contributed by atoms with Gasteiger partial charge in [0.2, 0.25) is 0 Å². The summed E-state index contributed by atoms with van der Waals surface area (Å²) >= 11 is 1.61. The normalized spacial score (nSPS) is 12.2. The van der Waals surface area contributed by atoms with Crippen LogP contribution in [0.15, 0.2) is 5.38 Å². The molecule has 1 aromatic rings. The maximum absolute atomic E-state index is 11.3. The zero-order valence-electron chi connectivity index (χ0n) is 12.3. The van der Waals surface area contributed by atoms with Crippen LogP contribution in [0, 0.1) is 0 Å². The number of rotatable bonds is 8. The van der Waals surface area contributed by atoms with Crippen molar-refractivity contribution in [3.63, 3.8) is 0 Å². The molecular weight excluding hydrogens is 260 g/mol. The second-order valence-electron chi connectivity index (χ2n) is 4.68. The Hall–Kier alpha value is -1.10. The van der Waals surface area contributed by atoms with E-state index in [-0.39, 0.29) is 12.4 Å². The molecule has 1 aromatic heterocycles. The predicted molar refractivity (Wildman–Crippen MR) is 79.8 cm³/mol. The van der Waals surface area contributed by atoms with E-state index in [2.05, 4.69) is 35.4 Å². The van der Waals surface area contributed by atoms with E-state index >= 15 is 0 Å². The number of ether oxygens (including phenoxy) is 1. The molecule has 1 atom stereocenters. The first-order valence-electron chi connectivity index (χ1n) is 6.90. The SMILES string of the molecule is CCCCN(c1nc(CC(=O)OC)cs1)C(C)CC. The van der Waals surface area contributed by atoms with Crippen molar-refractivity contribution in [2.24, 2.45) is 0 Å². The molecule has 0 bridgehead atoms. The standard InChI is InChI=1S/C14H24N2O2S/c1-5-7-8-16(11(3)6-2)14-15-12(10-19-14)9-13(17)18-4/h10-11H,5-9H2,1-4H3. The average molecular weight is 284 g/mol. The van der Waals surface area contributed by atoms with Gasteiger partial charge >= 0.3 is 5.97 Å². The molecule has 1 unspecified atom stereocenters. The first kappa shape index (κ1) is 16.0. The van der Waals surface area contributed by atoms with Crippen molar-refractivity contribution in [3.8, 4) is 0 Å². The zero-order valence-corrected chi connectivity index (χ0v) is 13.1. The molecule has 1 rings (SSSR count). The molecule has 0 aromatic carbocycles. The number of nitrogens with zero attached hydrogens (tertiary/aromatic N) is 2. The van der Waals surface area contributed by atoms with E-state index < -0.39 is 0 Å². The van der Waals surface area contributed by atoms with E-state index in [1.165, 1.54) is 13.5 Å². The highest BCUT2D eigenvalue weighted by Gasteiger charge is 2.17. The first-order valence-corrected chi connectivity index (χ1v) is 7.78.